The maximum atomic E-state index is 9.95. The van der Waals surface area contributed by atoms with Crippen LogP contribution in [0, 0.1) is 0 Å². The molecule has 1 aliphatic carbocycles. The Bertz CT molecular complexity index is 302. The summed E-state index contributed by atoms with van der Waals surface area (Å²) >= 11 is 0. The van der Waals surface area contributed by atoms with E-state index in [1.807, 2.05) is 0 Å². The smallest absolute Gasteiger partial charge is 0.0608 e. The number of hydrogen-bond acceptors (Lipinski definition) is 1. The molecule has 1 saturated carbocycles. The predicted octanol–water partition coefficient (Wildman–Crippen LogP) is 3.27. The molecule has 1 aromatic rings. The van der Waals surface area contributed by atoms with Gasteiger partial charge in [-0.3, -0.25) is 0 Å². The number of benzene rings is 1. The van der Waals surface area contributed by atoms with Gasteiger partial charge in [0.25, 0.3) is 0 Å². The first-order valence-electron chi connectivity index (χ1n) is 6.08. The molecule has 1 nitrogen and oxygen atoms in total. The summed E-state index contributed by atoms with van der Waals surface area (Å²) in [4.78, 5) is 0. The predicted molar refractivity (Wildman–Crippen MR) is 63.0 cm³/mol. The van der Waals surface area contributed by atoms with E-state index in [1.54, 1.807) is 0 Å². The summed E-state index contributed by atoms with van der Waals surface area (Å²) in [7, 11) is 0. The normalized spacial score (nSPS) is 26.5. The minimum atomic E-state index is -0.119. The molecule has 0 radical (unpaired) electrons. The Labute approximate surface area is 92.1 Å². The third-order valence-corrected chi connectivity index (χ3v) is 3.55. The lowest BCUT2D eigenvalue weighted by Crippen LogP contribution is -2.22. The Morgan fingerprint density at radius 2 is 1.80 bits per heavy atom. The van der Waals surface area contributed by atoms with Crippen molar-refractivity contribution in [1.29, 1.82) is 0 Å². The molecule has 2 rings (SSSR count). The van der Waals surface area contributed by atoms with Crippen molar-refractivity contribution in [2.45, 2.75) is 51.0 Å². The van der Waals surface area contributed by atoms with Crippen LogP contribution in [0.25, 0.3) is 0 Å². The quantitative estimate of drug-likeness (QED) is 0.784. The van der Waals surface area contributed by atoms with E-state index in [0.29, 0.717) is 5.92 Å². The maximum absolute atomic E-state index is 9.95. The Morgan fingerprint density at radius 3 is 2.40 bits per heavy atom. The Morgan fingerprint density at radius 1 is 1.13 bits per heavy atom. The van der Waals surface area contributed by atoms with Crippen molar-refractivity contribution in [2.24, 2.45) is 0 Å². The van der Waals surface area contributed by atoms with E-state index in [0.717, 1.165) is 19.3 Å². The van der Waals surface area contributed by atoms with Gasteiger partial charge in [-0.25, -0.2) is 0 Å². The first-order chi connectivity index (χ1) is 7.31. The maximum Gasteiger partial charge on any atom is 0.0608 e. The molecule has 1 heteroatoms. The average Bonchev–Trinajstić information content (AvgIpc) is 2.30. The fraction of sp³-hybridized carbons (Fsp3) is 0.571. The second-order valence-electron chi connectivity index (χ2n) is 4.55. The molecular weight excluding hydrogens is 184 g/mol. The second kappa shape index (κ2) is 4.80. The Balaban J connectivity index is 2.13. The standard InChI is InChI=1S/C14H20O/c1-2-11-7-9-12(10-8-11)13-5-3-4-6-14(13)15/h7-10,13-15H,2-6H2,1H3/t13-,14-/m1/s1. The summed E-state index contributed by atoms with van der Waals surface area (Å²) in [5, 5.41) is 9.95. The summed E-state index contributed by atoms with van der Waals surface area (Å²) in [5.74, 6) is 0.379. The van der Waals surface area contributed by atoms with Gasteiger partial charge >= 0.3 is 0 Å². The van der Waals surface area contributed by atoms with Gasteiger partial charge < -0.3 is 5.11 Å². The van der Waals surface area contributed by atoms with Gasteiger partial charge in [-0.1, -0.05) is 44.0 Å². The highest BCUT2D eigenvalue weighted by Gasteiger charge is 2.24. The fourth-order valence-electron chi connectivity index (χ4n) is 2.50. The molecule has 0 aliphatic heterocycles. The highest BCUT2D eigenvalue weighted by atomic mass is 16.3. The van der Waals surface area contributed by atoms with Crippen LogP contribution in [0.15, 0.2) is 24.3 Å². The molecule has 0 aromatic heterocycles. The number of hydrogen-bond donors (Lipinski definition) is 1. The molecular formula is C14H20O. The lowest BCUT2D eigenvalue weighted by Gasteiger charge is -2.28. The van der Waals surface area contributed by atoms with Crippen molar-refractivity contribution >= 4 is 0 Å². The molecule has 0 heterocycles. The van der Waals surface area contributed by atoms with Crippen LogP contribution in [0.4, 0.5) is 0 Å². The molecule has 0 unspecified atom stereocenters. The Kier molecular flexibility index (Phi) is 3.42. The zero-order chi connectivity index (χ0) is 10.7. The van der Waals surface area contributed by atoms with Gasteiger partial charge in [-0.15, -0.1) is 0 Å². The van der Waals surface area contributed by atoms with Crippen molar-refractivity contribution < 1.29 is 5.11 Å². The average molecular weight is 204 g/mol. The van der Waals surface area contributed by atoms with E-state index in [4.69, 9.17) is 0 Å². The first kappa shape index (κ1) is 10.7. The molecule has 0 amide bonds. The van der Waals surface area contributed by atoms with Crippen LogP contribution in [-0.2, 0) is 6.42 Å². The summed E-state index contributed by atoms with van der Waals surface area (Å²) in [6, 6.07) is 8.77. The number of aliphatic hydroxyl groups is 1. The van der Waals surface area contributed by atoms with Crippen molar-refractivity contribution in [3.8, 4) is 0 Å². The minimum Gasteiger partial charge on any atom is -0.392 e. The summed E-state index contributed by atoms with van der Waals surface area (Å²) in [6.45, 7) is 2.17. The SMILES string of the molecule is CCc1ccc([C@H]2CCCC[C@H]2O)cc1. The van der Waals surface area contributed by atoms with Crippen LogP contribution in [0.3, 0.4) is 0 Å². The number of aryl methyl sites for hydroxylation is 1. The van der Waals surface area contributed by atoms with Crippen LogP contribution in [0.5, 0.6) is 0 Å². The lowest BCUT2D eigenvalue weighted by atomic mass is 9.81. The van der Waals surface area contributed by atoms with Crippen LogP contribution >= 0.6 is 0 Å². The molecule has 1 fully saturated rings. The monoisotopic (exact) mass is 204 g/mol. The van der Waals surface area contributed by atoms with E-state index in [2.05, 4.69) is 31.2 Å². The molecule has 0 saturated heterocycles. The van der Waals surface area contributed by atoms with E-state index >= 15 is 0 Å². The fourth-order valence-corrected chi connectivity index (χ4v) is 2.50. The molecule has 82 valence electrons. The van der Waals surface area contributed by atoms with Gasteiger partial charge in [0.1, 0.15) is 0 Å². The Hall–Kier alpha value is -0.820. The van der Waals surface area contributed by atoms with Crippen molar-refractivity contribution in [3.05, 3.63) is 35.4 Å². The third kappa shape index (κ3) is 2.40. The van der Waals surface area contributed by atoms with Gasteiger partial charge in [-0.05, 0) is 30.4 Å². The van der Waals surface area contributed by atoms with E-state index in [1.165, 1.54) is 24.0 Å². The first-order valence-corrected chi connectivity index (χ1v) is 6.08. The van der Waals surface area contributed by atoms with Crippen molar-refractivity contribution in [2.75, 3.05) is 0 Å². The minimum absolute atomic E-state index is 0.119. The van der Waals surface area contributed by atoms with E-state index in [9.17, 15) is 5.11 Å². The topological polar surface area (TPSA) is 20.2 Å². The molecule has 1 aromatic carbocycles. The molecule has 0 bridgehead atoms. The number of rotatable bonds is 2. The zero-order valence-electron chi connectivity index (χ0n) is 9.45. The van der Waals surface area contributed by atoms with Crippen molar-refractivity contribution in [1.82, 2.24) is 0 Å². The summed E-state index contributed by atoms with van der Waals surface area (Å²) in [5.41, 5.74) is 2.70. The largest absolute Gasteiger partial charge is 0.392 e. The van der Waals surface area contributed by atoms with Crippen LogP contribution in [0.2, 0.25) is 0 Å². The van der Waals surface area contributed by atoms with E-state index < -0.39 is 0 Å². The second-order valence-corrected chi connectivity index (χ2v) is 4.55. The van der Waals surface area contributed by atoms with Crippen LogP contribution < -0.4 is 0 Å². The van der Waals surface area contributed by atoms with Crippen LogP contribution in [-0.4, -0.2) is 11.2 Å². The van der Waals surface area contributed by atoms with Gasteiger partial charge in [0.15, 0.2) is 0 Å². The lowest BCUT2D eigenvalue weighted by molar-refractivity contribution is 0.106. The highest BCUT2D eigenvalue weighted by molar-refractivity contribution is 5.26. The molecule has 15 heavy (non-hydrogen) atoms. The van der Waals surface area contributed by atoms with Crippen LogP contribution in [0.1, 0.15) is 49.7 Å². The zero-order valence-corrected chi connectivity index (χ0v) is 9.45. The van der Waals surface area contributed by atoms with Gasteiger partial charge in [0.05, 0.1) is 6.10 Å². The number of aliphatic hydroxyl groups excluding tert-OH is 1. The molecule has 1 N–H and O–H groups in total. The van der Waals surface area contributed by atoms with Crippen molar-refractivity contribution in [3.63, 3.8) is 0 Å². The van der Waals surface area contributed by atoms with E-state index in [-0.39, 0.29) is 6.10 Å². The third-order valence-electron chi connectivity index (χ3n) is 3.55. The van der Waals surface area contributed by atoms with Gasteiger partial charge in [0, 0.05) is 5.92 Å². The van der Waals surface area contributed by atoms with Gasteiger partial charge in [-0.2, -0.15) is 0 Å². The molecule has 1 aliphatic rings. The summed E-state index contributed by atoms with van der Waals surface area (Å²) < 4.78 is 0. The summed E-state index contributed by atoms with van der Waals surface area (Å²) in [6.07, 6.45) is 5.54. The molecule has 0 spiro atoms. The highest BCUT2D eigenvalue weighted by Crippen LogP contribution is 2.32. The molecule has 2 atom stereocenters. The van der Waals surface area contributed by atoms with Gasteiger partial charge in [0.2, 0.25) is 0 Å².